The average Bonchev–Trinajstić information content (AvgIpc) is 2.87. The first-order chi connectivity index (χ1) is 16.1. The summed E-state index contributed by atoms with van der Waals surface area (Å²) in [6.45, 7) is 0.452. The molecule has 33 heavy (non-hydrogen) atoms. The number of nitriles is 1. The van der Waals surface area contributed by atoms with Crippen molar-refractivity contribution in [2.75, 3.05) is 12.4 Å². The maximum atomic E-state index is 12.5. The summed E-state index contributed by atoms with van der Waals surface area (Å²) in [6, 6.07) is 30.6. The Morgan fingerprint density at radius 1 is 0.909 bits per heavy atom. The first-order valence-electron chi connectivity index (χ1n) is 10.4. The number of benzene rings is 4. The van der Waals surface area contributed by atoms with E-state index in [-0.39, 0.29) is 5.57 Å². The van der Waals surface area contributed by atoms with Crippen molar-refractivity contribution in [1.29, 1.82) is 5.26 Å². The molecule has 0 aromatic heterocycles. The number of nitrogens with one attached hydrogen (secondary N) is 1. The van der Waals surface area contributed by atoms with Gasteiger partial charge in [-0.2, -0.15) is 5.26 Å². The van der Waals surface area contributed by atoms with Crippen LogP contribution in [0.15, 0.2) is 96.6 Å². The van der Waals surface area contributed by atoms with E-state index in [4.69, 9.17) is 9.47 Å². The zero-order valence-corrected chi connectivity index (χ0v) is 18.1. The molecule has 4 aromatic carbocycles. The minimum atomic E-state index is -0.473. The number of anilines is 1. The molecule has 4 aromatic rings. The summed E-state index contributed by atoms with van der Waals surface area (Å²) in [6.07, 6.45) is 1.55. The van der Waals surface area contributed by atoms with Gasteiger partial charge in [0.2, 0.25) is 0 Å². The van der Waals surface area contributed by atoms with Gasteiger partial charge in [-0.05, 0) is 70.4 Å². The molecule has 5 heteroatoms. The smallest absolute Gasteiger partial charge is 0.266 e. The molecule has 0 saturated carbocycles. The lowest BCUT2D eigenvalue weighted by Gasteiger charge is -2.08. The lowest BCUT2D eigenvalue weighted by Crippen LogP contribution is -2.13. The lowest BCUT2D eigenvalue weighted by molar-refractivity contribution is -0.112. The molecule has 0 spiro atoms. The molecule has 0 aliphatic heterocycles. The molecular formula is C28H22N2O3. The molecule has 5 nitrogen and oxygen atoms in total. The van der Waals surface area contributed by atoms with Crippen molar-refractivity contribution in [3.8, 4) is 17.6 Å². The summed E-state index contributed by atoms with van der Waals surface area (Å²) >= 11 is 0. The van der Waals surface area contributed by atoms with E-state index in [1.807, 2.05) is 42.5 Å². The molecule has 0 bridgehead atoms. The van der Waals surface area contributed by atoms with Crippen molar-refractivity contribution in [3.63, 3.8) is 0 Å². The number of rotatable bonds is 7. The largest absolute Gasteiger partial charge is 0.497 e. The molecule has 1 amide bonds. The topological polar surface area (TPSA) is 71.3 Å². The van der Waals surface area contributed by atoms with E-state index in [0.29, 0.717) is 23.8 Å². The molecule has 1 N–H and O–H groups in total. The molecule has 0 fully saturated rings. The number of fused-ring (bicyclic) bond motifs is 1. The standard InChI is InChI=1S/C28H22N2O3/c1-32-26-14-10-25(11-15-26)30-28(31)24(18-29)16-20-7-12-27(13-8-20)33-19-21-6-9-22-4-2-3-5-23(22)17-21/h2-17H,19H2,1H3,(H,30,31)/b24-16-. The minimum Gasteiger partial charge on any atom is -0.497 e. The Labute approximate surface area is 192 Å². The normalized spacial score (nSPS) is 11.0. The molecule has 0 saturated heterocycles. The van der Waals surface area contributed by atoms with Crippen LogP contribution in [-0.2, 0) is 11.4 Å². The molecule has 4 rings (SSSR count). The number of methoxy groups -OCH3 is 1. The highest BCUT2D eigenvalue weighted by Crippen LogP contribution is 2.20. The minimum absolute atomic E-state index is 0.00986. The van der Waals surface area contributed by atoms with Gasteiger partial charge in [-0.1, -0.05) is 48.5 Å². The van der Waals surface area contributed by atoms with Gasteiger partial charge in [0.05, 0.1) is 7.11 Å². The second kappa shape index (κ2) is 10.2. The van der Waals surface area contributed by atoms with Crippen LogP contribution in [0.1, 0.15) is 11.1 Å². The number of carbonyl (C=O) groups excluding carboxylic acids is 1. The summed E-state index contributed by atoms with van der Waals surface area (Å²) < 4.78 is 11.0. The van der Waals surface area contributed by atoms with Crippen LogP contribution in [0.25, 0.3) is 16.8 Å². The van der Waals surface area contributed by atoms with Crippen molar-refractivity contribution in [2.24, 2.45) is 0 Å². The second-order valence-electron chi connectivity index (χ2n) is 7.39. The van der Waals surface area contributed by atoms with Gasteiger partial charge < -0.3 is 14.8 Å². The Bertz CT molecular complexity index is 1330. The Kier molecular flexibility index (Phi) is 6.67. The zero-order valence-electron chi connectivity index (χ0n) is 18.1. The SMILES string of the molecule is COc1ccc(NC(=O)/C(C#N)=C\c2ccc(OCc3ccc4ccccc4c3)cc2)cc1. The first-order valence-corrected chi connectivity index (χ1v) is 10.4. The molecule has 0 aliphatic rings. The monoisotopic (exact) mass is 434 g/mol. The van der Waals surface area contributed by atoms with Crippen molar-refractivity contribution in [3.05, 3.63) is 108 Å². The second-order valence-corrected chi connectivity index (χ2v) is 7.39. The van der Waals surface area contributed by atoms with Crippen LogP contribution < -0.4 is 14.8 Å². The van der Waals surface area contributed by atoms with E-state index >= 15 is 0 Å². The number of ether oxygens (including phenoxy) is 2. The van der Waals surface area contributed by atoms with Crippen LogP contribution in [0.5, 0.6) is 11.5 Å². The molecule has 162 valence electrons. The lowest BCUT2D eigenvalue weighted by atomic mass is 10.1. The molecular weight excluding hydrogens is 412 g/mol. The maximum Gasteiger partial charge on any atom is 0.266 e. The number of nitrogens with zero attached hydrogens (tertiary/aromatic N) is 1. The first kappa shape index (κ1) is 21.7. The summed E-state index contributed by atoms with van der Waals surface area (Å²) in [7, 11) is 1.57. The van der Waals surface area contributed by atoms with E-state index in [1.165, 1.54) is 10.8 Å². The summed E-state index contributed by atoms with van der Waals surface area (Å²) in [5, 5.41) is 14.5. The maximum absolute atomic E-state index is 12.5. The van der Waals surface area contributed by atoms with Crippen molar-refractivity contribution < 1.29 is 14.3 Å². The van der Waals surface area contributed by atoms with Crippen LogP contribution in [0.2, 0.25) is 0 Å². The van der Waals surface area contributed by atoms with Gasteiger partial charge in [0, 0.05) is 5.69 Å². The molecule has 0 unspecified atom stereocenters. The highest BCUT2D eigenvalue weighted by Gasteiger charge is 2.10. The number of amides is 1. The fourth-order valence-corrected chi connectivity index (χ4v) is 3.34. The van der Waals surface area contributed by atoms with E-state index in [9.17, 15) is 10.1 Å². The predicted molar refractivity (Wildman–Crippen MR) is 130 cm³/mol. The third-order valence-corrected chi connectivity index (χ3v) is 5.12. The van der Waals surface area contributed by atoms with Gasteiger partial charge in [-0.25, -0.2) is 0 Å². The Morgan fingerprint density at radius 2 is 1.61 bits per heavy atom. The van der Waals surface area contributed by atoms with Gasteiger partial charge in [0.25, 0.3) is 5.91 Å². The Morgan fingerprint density at radius 3 is 2.30 bits per heavy atom. The summed E-state index contributed by atoms with van der Waals surface area (Å²) in [5.41, 5.74) is 2.41. The van der Waals surface area contributed by atoms with E-state index in [0.717, 1.165) is 11.1 Å². The fourth-order valence-electron chi connectivity index (χ4n) is 3.34. The van der Waals surface area contributed by atoms with Gasteiger partial charge in [0.1, 0.15) is 29.7 Å². The third-order valence-electron chi connectivity index (χ3n) is 5.12. The Hall–Kier alpha value is -4.56. The number of hydrogen-bond donors (Lipinski definition) is 1. The Balaban J connectivity index is 1.39. The predicted octanol–water partition coefficient (Wildman–Crippen LogP) is 5.97. The van der Waals surface area contributed by atoms with Crippen molar-refractivity contribution in [1.82, 2.24) is 0 Å². The van der Waals surface area contributed by atoms with Crippen LogP contribution >= 0.6 is 0 Å². The van der Waals surface area contributed by atoms with E-state index < -0.39 is 5.91 Å². The van der Waals surface area contributed by atoms with Gasteiger partial charge in [-0.15, -0.1) is 0 Å². The van der Waals surface area contributed by atoms with Gasteiger partial charge in [-0.3, -0.25) is 4.79 Å². The molecule has 0 radical (unpaired) electrons. The van der Waals surface area contributed by atoms with Gasteiger partial charge in [0.15, 0.2) is 0 Å². The molecule has 0 heterocycles. The summed E-state index contributed by atoms with van der Waals surface area (Å²) in [4.78, 5) is 12.5. The highest BCUT2D eigenvalue weighted by atomic mass is 16.5. The average molecular weight is 434 g/mol. The summed E-state index contributed by atoms with van der Waals surface area (Å²) in [5.74, 6) is 0.924. The third kappa shape index (κ3) is 5.57. The highest BCUT2D eigenvalue weighted by molar-refractivity contribution is 6.09. The molecule has 0 atom stereocenters. The van der Waals surface area contributed by atoms with Crippen LogP contribution in [0.3, 0.4) is 0 Å². The van der Waals surface area contributed by atoms with Crippen LogP contribution in [0, 0.1) is 11.3 Å². The van der Waals surface area contributed by atoms with Crippen LogP contribution in [0.4, 0.5) is 5.69 Å². The van der Waals surface area contributed by atoms with Crippen molar-refractivity contribution in [2.45, 2.75) is 6.61 Å². The van der Waals surface area contributed by atoms with Crippen LogP contribution in [-0.4, -0.2) is 13.0 Å². The van der Waals surface area contributed by atoms with E-state index in [2.05, 4.69) is 35.6 Å². The number of carbonyl (C=O) groups is 1. The van der Waals surface area contributed by atoms with E-state index in [1.54, 1.807) is 37.5 Å². The number of hydrogen-bond acceptors (Lipinski definition) is 4. The zero-order chi connectivity index (χ0) is 23.0. The molecule has 0 aliphatic carbocycles. The quantitative estimate of drug-likeness (QED) is 0.287. The van der Waals surface area contributed by atoms with Gasteiger partial charge >= 0.3 is 0 Å². The van der Waals surface area contributed by atoms with Crippen molar-refractivity contribution >= 4 is 28.4 Å². The fraction of sp³-hybridized carbons (Fsp3) is 0.0714.